The van der Waals surface area contributed by atoms with Crippen LogP contribution >= 0.6 is 0 Å². The van der Waals surface area contributed by atoms with Gasteiger partial charge >= 0.3 is 6.18 Å². The molecule has 0 radical (unpaired) electrons. The van der Waals surface area contributed by atoms with Crippen LogP contribution < -0.4 is 0 Å². The first kappa shape index (κ1) is 15.1. The van der Waals surface area contributed by atoms with E-state index in [1.807, 2.05) is 24.3 Å². The van der Waals surface area contributed by atoms with Crippen LogP contribution in [-0.4, -0.2) is 0 Å². The number of hydrogen-bond acceptors (Lipinski definition) is 1. The topological polar surface area (TPSA) is 23.8 Å². The van der Waals surface area contributed by atoms with Crippen LogP contribution in [-0.2, 0) is 11.6 Å². The fourth-order valence-electron chi connectivity index (χ4n) is 2.18. The zero-order valence-corrected chi connectivity index (χ0v) is 11.7. The van der Waals surface area contributed by atoms with Crippen LogP contribution in [0.25, 0.3) is 11.1 Å². The van der Waals surface area contributed by atoms with Gasteiger partial charge in [-0.2, -0.15) is 18.4 Å². The van der Waals surface area contributed by atoms with Crippen molar-refractivity contribution < 1.29 is 13.2 Å². The molecule has 0 saturated heterocycles. The van der Waals surface area contributed by atoms with Gasteiger partial charge in [0.1, 0.15) is 0 Å². The highest BCUT2D eigenvalue weighted by molar-refractivity contribution is 5.69. The Labute approximate surface area is 121 Å². The number of rotatable bonds is 2. The van der Waals surface area contributed by atoms with Crippen molar-refractivity contribution in [2.24, 2.45) is 0 Å². The highest BCUT2D eigenvalue weighted by Crippen LogP contribution is 2.35. The van der Waals surface area contributed by atoms with Gasteiger partial charge in [0.05, 0.1) is 17.0 Å². The highest BCUT2D eigenvalue weighted by atomic mass is 19.4. The van der Waals surface area contributed by atoms with Gasteiger partial charge in [-0.3, -0.25) is 0 Å². The molecule has 21 heavy (non-hydrogen) atoms. The first-order valence-corrected chi connectivity index (χ1v) is 6.44. The summed E-state index contributed by atoms with van der Waals surface area (Å²) in [7, 11) is 0. The van der Waals surface area contributed by atoms with Crippen LogP contribution in [0, 0.1) is 11.3 Å². The first-order chi connectivity index (χ1) is 9.75. The molecule has 0 aliphatic heterocycles. The Kier molecular flexibility index (Phi) is 3.78. The highest BCUT2D eigenvalue weighted by Gasteiger charge is 2.30. The molecule has 0 N–H and O–H groups in total. The van der Waals surface area contributed by atoms with E-state index in [0.717, 1.165) is 23.3 Å². The Hall–Kier alpha value is -2.28. The van der Waals surface area contributed by atoms with Crippen molar-refractivity contribution in [3.05, 3.63) is 59.7 Å². The molecule has 0 heterocycles. The Balaban J connectivity index is 2.52. The van der Waals surface area contributed by atoms with Gasteiger partial charge in [-0.15, -0.1) is 0 Å². The Morgan fingerprint density at radius 3 is 2.00 bits per heavy atom. The lowest BCUT2D eigenvalue weighted by atomic mass is 9.81. The van der Waals surface area contributed by atoms with Gasteiger partial charge in [-0.25, -0.2) is 0 Å². The molecule has 0 spiro atoms. The second-order valence-corrected chi connectivity index (χ2v) is 5.36. The number of halogens is 3. The fourth-order valence-corrected chi connectivity index (χ4v) is 2.18. The van der Waals surface area contributed by atoms with E-state index in [4.69, 9.17) is 0 Å². The minimum absolute atomic E-state index is 0.668. The molecule has 0 fully saturated rings. The first-order valence-electron chi connectivity index (χ1n) is 6.44. The molecule has 0 aromatic heterocycles. The Morgan fingerprint density at radius 2 is 1.48 bits per heavy atom. The maximum absolute atomic E-state index is 12.6. The average molecular weight is 289 g/mol. The number of alkyl halides is 3. The molecular weight excluding hydrogens is 275 g/mol. The molecule has 108 valence electrons. The number of nitrogens with zero attached hydrogens (tertiary/aromatic N) is 1. The van der Waals surface area contributed by atoms with Gasteiger partial charge in [-0.05, 0) is 42.7 Å². The molecule has 0 bridgehead atoms. The third-order valence-electron chi connectivity index (χ3n) is 3.40. The van der Waals surface area contributed by atoms with Crippen molar-refractivity contribution in [2.45, 2.75) is 25.4 Å². The molecule has 0 aliphatic carbocycles. The Bertz CT molecular complexity index is 676. The van der Waals surface area contributed by atoms with Crippen molar-refractivity contribution >= 4 is 0 Å². The van der Waals surface area contributed by atoms with E-state index in [0.29, 0.717) is 5.56 Å². The molecule has 0 unspecified atom stereocenters. The van der Waals surface area contributed by atoms with E-state index in [2.05, 4.69) is 6.07 Å². The molecule has 0 amide bonds. The standard InChI is InChI=1S/C17H14F3N/c1-16(2,11-21)15-6-4-3-5-14(15)12-7-9-13(10-8-12)17(18,19)20/h3-10H,1-2H3. The summed E-state index contributed by atoms with van der Waals surface area (Å²) >= 11 is 0. The SMILES string of the molecule is CC(C)(C#N)c1ccccc1-c1ccc(C(F)(F)F)cc1. The second kappa shape index (κ2) is 5.25. The predicted molar refractivity (Wildman–Crippen MR) is 75.5 cm³/mol. The van der Waals surface area contributed by atoms with Gasteiger partial charge in [0.2, 0.25) is 0 Å². The normalized spacial score (nSPS) is 12.0. The van der Waals surface area contributed by atoms with Crippen LogP contribution in [0.3, 0.4) is 0 Å². The van der Waals surface area contributed by atoms with Gasteiger partial charge in [-0.1, -0.05) is 36.4 Å². The summed E-state index contributed by atoms with van der Waals surface area (Å²) in [5, 5.41) is 9.27. The lowest BCUT2D eigenvalue weighted by Gasteiger charge is -2.20. The number of hydrogen-bond donors (Lipinski definition) is 0. The largest absolute Gasteiger partial charge is 0.416 e. The molecule has 2 aromatic carbocycles. The molecular formula is C17H14F3N. The smallest absolute Gasteiger partial charge is 0.197 e. The lowest BCUT2D eigenvalue weighted by molar-refractivity contribution is -0.137. The molecule has 0 atom stereocenters. The van der Waals surface area contributed by atoms with Crippen LogP contribution in [0.5, 0.6) is 0 Å². The van der Waals surface area contributed by atoms with E-state index in [1.54, 1.807) is 13.8 Å². The minimum atomic E-state index is -4.34. The zero-order chi connectivity index (χ0) is 15.7. The molecule has 0 saturated carbocycles. The number of nitriles is 1. The van der Waals surface area contributed by atoms with Crippen LogP contribution in [0.15, 0.2) is 48.5 Å². The van der Waals surface area contributed by atoms with E-state index in [9.17, 15) is 18.4 Å². The summed E-state index contributed by atoms with van der Waals surface area (Å²) in [5.74, 6) is 0. The van der Waals surface area contributed by atoms with E-state index >= 15 is 0 Å². The molecule has 2 aromatic rings. The van der Waals surface area contributed by atoms with Gasteiger partial charge < -0.3 is 0 Å². The van der Waals surface area contributed by atoms with Gasteiger partial charge in [0.15, 0.2) is 0 Å². The third-order valence-corrected chi connectivity index (χ3v) is 3.40. The maximum Gasteiger partial charge on any atom is 0.416 e. The summed E-state index contributed by atoms with van der Waals surface area (Å²) in [6.45, 7) is 3.58. The summed E-state index contributed by atoms with van der Waals surface area (Å²) in [6, 6.07) is 14.5. The van der Waals surface area contributed by atoms with Crippen molar-refractivity contribution in [1.82, 2.24) is 0 Å². The van der Waals surface area contributed by atoms with Gasteiger partial charge in [0, 0.05) is 0 Å². The molecule has 1 nitrogen and oxygen atoms in total. The van der Waals surface area contributed by atoms with Crippen molar-refractivity contribution in [3.8, 4) is 17.2 Å². The number of benzene rings is 2. The maximum atomic E-state index is 12.6. The monoisotopic (exact) mass is 289 g/mol. The molecule has 2 rings (SSSR count). The minimum Gasteiger partial charge on any atom is -0.197 e. The fraction of sp³-hybridized carbons (Fsp3) is 0.235. The summed E-state index contributed by atoms with van der Waals surface area (Å²) in [5.41, 5.74) is 0.856. The van der Waals surface area contributed by atoms with Crippen molar-refractivity contribution in [3.63, 3.8) is 0 Å². The van der Waals surface area contributed by atoms with Crippen LogP contribution in [0.1, 0.15) is 25.0 Å². The predicted octanol–water partition coefficient (Wildman–Crippen LogP) is 5.17. The average Bonchev–Trinajstić information content (AvgIpc) is 2.46. The van der Waals surface area contributed by atoms with E-state index in [-0.39, 0.29) is 0 Å². The second-order valence-electron chi connectivity index (χ2n) is 5.36. The zero-order valence-electron chi connectivity index (χ0n) is 11.7. The molecule has 0 aliphatic rings. The van der Waals surface area contributed by atoms with Gasteiger partial charge in [0.25, 0.3) is 0 Å². The van der Waals surface area contributed by atoms with Crippen LogP contribution in [0.4, 0.5) is 13.2 Å². The summed E-state index contributed by atoms with van der Waals surface area (Å²) < 4.78 is 37.8. The molecule has 4 heteroatoms. The van der Waals surface area contributed by atoms with Crippen molar-refractivity contribution in [1.29, 1.82) is 5.26 Å². The lowest BCUT2D eigenvalue weighted by Crippen LogP contribution is -2.15. The van der Waals surface area contributed by atoms with Crippen molar-refractivity contribution in [2.75, 3.05) is 0 Å². The summed E-state index contributed by atoms with van der Waals surface area (Å²) in [4.78, 5) is 0. The Morgan fingerprint density at radius 1 is 0.905 bits per heavy atom. The van der Waals surface area contributed by atoms with E-state index in [1.165, 1.54) is 12.1 Å². The third kappa shape index (κ3) is 3.08. The summed E-state index contributed by atoms with van der Waals surface area (Å²) in [6.07, 6.45) is -4.34. The van der Waals surface area contributed by atoms with E-state index < -0.39 is 17.2 Å². The van der Waals surface area contributed by atoms with Crippen LogP contribution in [0.2, 0.25) is 0 Å². The quantitative estimate of drug-likeness (QED) is 0.748.